The summed E-state index contributed by atoms with van der Waals surface area (Å²) in [5, 5.41) is 20.6. The van der Waals surface area contributed by atoms with Crippen LogP contribution in [0.4, 0.5) is 5.69 Å². The molecular formula is C17H17NO4. The quantitative estimate of drug-likeness (QED) is 0.765. The second-order valence-corrected chi connectivity index (χ2v) is 4.95. The molecule has 0 bridgehead atoms. The predicted octanol–water partition coefficient (Wildman–Crippen LogP) is 3.05. The fraction of sp³-hybridized carbons (Fsp3) is 0.176. The molecular weight excluding hydrogens is 282 g/mol. The molecule has 0 aliphatic carbocycles. The Morgan fingerprint density at radius 3 is 2.18 bits per heavy atom. The minimum Gasteiger partial charge on any atom is -0.508 e. The van der Waals surface area contributed by atoms with E-state index in [1.54, 1.807) is 24.3 Å². The van der Waals surface area contributed by atoms with E-state index in [2.05, 4.69) is 5.32 Å². The highest BCUT2D eigenvalue weighted by Crippen LogP contribution is 2.15. The lowest BCUT2D eigenvalue weighted by atomic mass is 10.1. The van der Waals surface area contributed by atoms with Gasteiger partial charge in [-0.05, 0) is 54.8 Å². The second kappa shape index (κ2) is 7.26. The van der Waals surface area contributed by atoms with E-state index in [-0.39, 0.29) is 18.1 Å². The van der Waals surface area contributed by atoms with Crippen LogP contribution in [0.5, 0.6) is 5.75 Å². The largest absolute Gasteiger partial charge is 0.508 e. The lowest BCUT2D eigenvalue weighted by Gasteiger charge is -2.07. The van der Waals surface area contributed by atoms with Crippen molar-refractivity contribution in [3.63, 3.8) is 0 Å². The number of carbonyl (C=O) groups is 2. The molecule has 2 aromatic rings. The summed E-state index contributed by atoms with van der Waals surface area (Å²) < 4.78 is 0. The number of carboxylic acid groups (broad SMARTS) is 1. The molecule has 0 saturated carbocycles. The van der Waals surface area contributed by atoms with E-state index in [9.17, 15) is 14.7 Å². The van der Waals surface area contributed by atoms with Crippen LogP contribution < -0.4 is 5.32 Å². The monoisotopic (exact) mass is 299 g/mol. The summed E-state index contributed by atoms with van der Waals surface area (Å²) >= 11 is 0. The number of aliphatic carboxylic acids is 1. The second-order valence-electron chi connectivity index (χ2n) is 4.95. The number of benzene rings is 2. The zero-order valence-electron chi connectivity index (χ0n) is 12.0. The molecule has 5 nitrogen and oxygen atoms in total. The topological polar surface area (TPSA) is 86.6 Å². The van der Waals surface area contributed by atoms with Crippen molar-refractivity contribution in [1.82, 2.24) is 0 Å². The molecule has 0 heterocycles. The van der Waals surface area contributed by atoms with Gasteiger partial charge in [0.1, 0.15) is 5.75 Å². The van der Waals surface area contributed by atoms with Gasteiger partial charge in [0.15, 0.2) is 0 Å². The number of amides is 1. The van der Waals surface area contributed by atoms with Gasteiger partial charge < -0.3 is 15.5 Å². The number of rotatable bonds is 6. The van der Waals surface area contributed by atoms with Crippen LogP contribution in [0.3, 0.4) is 0 Å². The molecule has 114 valence electrons. The molecule has 1 amide bonds. The molecule has 0 aromatic heterocycles. The molecule has 0 aliphatic rings. The Balaban J connectivity index is 1.91. The van der Waals surface area contributed by atoms with Gasteiger partial charge in [0.25, 0.3) is 5.91 Å². The molecule has 0 radical (unpaired) electrons. The number of carbonyl (C=O) groups excluding carboxylic acids is 1. The van der Waals surface area contributed by atoms with Crippen molar-refractivity contribution in [2.45, 2.75) is 19.3 Å². The van der Waals surface area contributed by atoms with Gasteiger partial charge in [-0.3, -0.25) is 9.59 Å². The minimum absolute atomic E-state index is 0.113. The Labute approximate surface area is 128 Å². The molecule has 0 saturated heterocycles. The third kappa shape index (κ3) is 4.63. The zero-order chi connectivity index (χ0) is 15.9. The van der Waals surface area contributed by atoms with E-state index < -0.39 is 5.97 Å². The van der Waals surface area contributed by atoms with Crippen LogP contribution in [0.1, 0.15) is 28.8 Å². The van der Waals surface area contributed by atoms with Crippen molar-refractivity contribution in [1.29, 1.82) is 0 Å². The van der Waals surface area contributed by atoms with Gasteiger partial charge in [-0.15, -0.1) is 0 Å². The average molecular weight is 299 g/mol. The normalized spacial score (nSPS) is 10.2. The first-order chi connectivity index (χ1) is 10.5. The van der Waals surface area contributed by atoms with E-state index >= 15 is 0 Å². The first-order valence-electron chi connectivity index (χ1n) is 6.96. The number of hydrogen-bond donors (Lipinski definition) is 3. The van der Waals surface area contributed by atoms with Crippen LogP contribution in [0, 0.1) is 0 Å². The van der Waals surface area contributed by atoms with E-state index in [1.807, 2.05) is 12.1 Å². The molecule has 0 fully saturated rings. The molecule has 3 N–H and O–H groups in total. The van der Waals surface area contributed by atoms with Crippen LogP contribution >= 0.6 is 0 Å². The van der Waals surface area contributed by atoms with Gasteiger partial charge in [-0.1, -0.05) is 12.1 Å². The molecule has 0 atom stereocenters. The third-order valence-electron chi connectivity index (χ3n) is 3.20. The number of phenolic OH excluding ortho intramolecular Hbond substituents is 1. The van der Waals surface area contributed by atoms with Crippen LogP contribution in [-0.4, -0.2) is 22.1 Å². The highest BCUT2D eigenvalue weighted by atomic mass is 16.4. The standard InChI is InChI=1S/C17H17NO4/c19-15-10-6-13(7-11-15)17(22)18-14-8-4-12(5-9-14)2-1-3-16(20)21/h4-11,19H,1-3H2,(H,18,22)(H,20,21). The maximum absolute atomic E-state index is 12.0. The summed E-state index contributed by atoms with van der Waals surface area (Å²) in [6, 6.07) is 13.3. The van der Waals surface area contributed by atoms with Crippen LogP contribution in [0.25, 0.3) is 0 Å². The van der Waals surface area contributed by atoms with Crippen LogP contribution in [0.15, 0.2) is 48.5 Å². The van der Waals surface area contributed by atoms with Gasteiger partial charge in [0, 0.05) is 17.7 Å². The van der Waals surface area contributed by atoms with Gasteiger partial charge in [-0.25, -0.2) is 0 Å². The van der Waals surface area contributed by atoms with Crippen molar-refractivity contribution >= 4 is 17.6 Å². The van der Waals surface area contributed by atoms with Crippen molar-refractivity contribution in [2.75, 3.05) is 5.32 Å². The highest BCUT2D eigenvalue weighted by Gasteiger charge is 2.06. The Morgan fingerprint density at radius 2 is 1.59 bits per heavy atom. The Kier molecular flexibility index (Phi) is 5.14. The Morgan fingerprint density at radius 1 is 0.955 bits per heavy atom. The van der Waals surface area contributed by atoms with Crippen molar-refractivity contribution in [2.24, 2.45) is 0 Å². The van der Waals surface area contributed by atoms with Crippen molar-refractivity contribution < 1.29 is 19.8 Å². The van der Waals surface area contributed by atoms with Crippen LogP contribution in [0.2, 0.25) is 0 Å². The Bertz CT molecular complexity index is 647. The predicted molar refractivity (Wildman–Crippen MR) is 83.1 cm³/mol. The Hall–Kier alpha value is -2.82. The number of nitrogens with one attached hydrogen (secondary N) is 1. The van der Waals surface area contributed by atoms with E-state index in [1.165, 1.54) is 12.1 Å². The summed E-state index contributed by atoms with van der Waals surface area (Å²) in [4.78, 5) is 22.5. The maximum Gasteiger partial charge on any atom is 0.303 e. The first-order valence-corrected chi connectivity index (χ1v) is 6.96. The van der Waals surface area contributed by atoms with Gasteiger partial charge in [-0.2, -0.15) is 0 Å². The van der Waals surface area contributed by atoms with E-state index in [0.717, 1.165) is 5.56 Å². The first kappa shape index (κ1) is 15.6. The number of phenols is 1. The number of carboxylic acids is 1. The fourth-order valence-corrected chi connectivity index (χ4v) is 2.01. The number of anilines is 1. The summed E-state index contributed by atoms with van der Waals surface area (Å²) in [6.45, 7) is 0. The molecule has 22 heavy (non-hydrogen) atoms. The molecule has 2 rings (SSSR count). The fourth-order valence-electron chi connectivity index (χ4n) is 2.01. The van der Waals surface area contributed by atoms with E-state index in [0.29, 0.717) is 24.1 Å². The third-order valence-corrected chi connectivity index (χ3v) is 3.20. The van der Waals surface area contributed by atoms with E-state index in [4.69, 9.17) is 5.11 Å². The van der Waals surface area contributed by atoms with Gasteiger partial charge in [0.05, 0.1) is 0 Å². The summed E-state index contributed by atoms with van der Waals surface area (Å²) in [7, 11) is 0. The van der Waals surface area contributed by atoms with Crippen molar-refractivity contribution in [3.05, 3.63) is 59.7 Å². The number of aromatic hydroxyl groups is 1. The molecule has 5 heteroatoms. The van der Waals surface area contributed by atoms with Crippen LogP contribution in [-0.2, 0) is 11.2 Å². The zero-order valence-corrected chi connectivity index (χ0v) is 12.0. The molecule has 2 aromatic carbocycles. The smallest absolute Gasteiger partial charge is 0.303 e. The lowest BCUT2D eigenvalue weighted by molar-refractivity contribution is -0.137. The SMILES string of the molecule is O=C(O)CCCc1ccc(NC(=O)c2ccc(O)cc2)cc1. The summed E-state index contributed by atoms with van der Waals surface area (Å²) in [5.74, 6) is -0.932. The minimum atomic E-state index is -0.794. The number of hydrogen-bond acceptors (Lipinski definition) is 3. The molecule has 0 aliphatic heterocycles. The van der Waals surface area contributed by atoms with Gasteiger partial charge >= 0.3 is 5.97 Å². The maximum atomic E-state index is 12.0. The molecule has 0 unspecified atom stereocenters. The molecule has 0 spiro atoms. The lowest BCUT2D eigenvalue weighted by Crippen LogP contribution is -2.11. The van der Waals surface area contributed by atoms with Crippen molar-refractivity contribution in [3.8, 4) is 5.75 Å². The summed E-state index contributed by atoms with van der Waals surface area (Å²) in [6.07, 6.45) is 1.44. The average Bonchev–Trinajstić information content (AvgIpc) is 2.49. The van der Waals surface area contributed by atoms with Gasteiger partial charge in [0.2, 0.25) is 0 Å². The number of aryl methyl sites for hydroxylation is 1. The summed E-state index contributed by atoms with van der Waals surface area (Å²) in [5.41, 5.74) is 2.16. The highest BCUT2D eigenvalue weighted by molar-refractivity contribution is 6.04.